The highest BCUT2D eigenvalue weighted by Gasteiger charge is 2.50. The first-order valence-electron chi connectivity index (χ1n) is 12.1. The Balaban J connectivity index is 1.36. The van der Waals surface area contributed by atoms with E-state index in [1.807, 2.05) is 67.6 Å². The molecule has 0 bridgehead atoms. The van der Waals surface area contributed by atoms with Crippen molar-refractivity contribution in [3.8, 4) is 5.75 Å². The summed E-state index contributed by atoms with van der Waals surface area (Å²) in [5.74, 6) is 0.788. The van der Waals surface area contributed by atoms with Crippen molar-refractivity contribution in [3.63, 3.8) is 0 Å². The van der Waals surface area contributed by atoms with Crippen molar-refractivity contribution in [2.24, 2.45) is 0 Å². The van der Waals surface area contributed by atoms with Crippen LogP contribution in [0.25, 0.3) is 0 Å². The van der Waals surface area contributed by atoms with Gasteiger partial charge in [0.05, 0.1) is 33.0 Å². The largest absolute Gasteiger partial charge is 0.497 e. The number of hydrogen-bond acceptors (Lipinski definition) is 6. The van der Waals surface area contributed by atoms with Gasteiger partial charge in [-0.25, -0.2) is 0 Å². The highest BCUT2D eigenvalue weighted by Crippen LogP contribution is 2.37. The average Bonchev–Trinajstić information content (AvgIpc) is 2.92. The molecule has 0 spiro atoms. The summed E-state index contributed by atoms with van der Waals surface area (Å²) < 4.78 is 37.1. The summed E-state index contributed by atoms with van der Waals surface area (Å²) in [6.07, 6.45) is -1.89. The quantitative estimate of drug-likeness (QED) is 0.453. The van der Waals surface area contributed by atoms with Crippen LogP contribution < -0.4 is 4.74 Å². The minimum Gasteiger partial charge on any atom is -0.497 e. The number of hydrogen-bond donors (Lipinski definition) is 0. The minimum absolute atomic E-state index is 0.175. The van der Waals surface area contributed by atoms with E-state index in [2.05, 4.69) is 24.3 Å². The van der Waals surface area contributed by atoms with Crippen LogP contribution in [0, 0.1) is 0 Å². The smallest absolute Gasteiger partial charge is 0.184 e. The first-order valence-corrected chi connectivity index (χ1v) is 12.1. The number of methoxy groups -OCH3 is 1. The van der Waals surface area contributed by atoms with E-state index in [9.17, 15) is 0 Å². The first kappa shape index (κ1) is 24.0. The monoisotopic (exact) mass is 476 g/mol. The Bertz CT molecular complexity index is 1040. The molecule has 2 aliphatic rings. The minimum atomic E-state index is -0.517. The van der Waals surface area contributed by atoms with Crippen LogP contribution in [0.4, 0.5) is 0 Å². The van der Waals surface area contributed by atoms with Crippen molar-refractivity contribution >= 4 is 0 Å². The van der Waals surface area contributed by atoms with Crippen LogP contribution in [0.5, 0.6) is 5.75 Å². The van der Waals surface area contributed by atoms with Crippen molar-refractivity contribution in [2.45, 2.75) is 56.9 Å². The molecule has 5 rings (SSSR count). The molecule has 6 heteroatoms. The van der Waals surface area contributed by atoms with Crippen LogP contribution in [0.15, 0.2) is 84.9 Å². The molecule has 0 N–H and O–H groups in total. The molecule has 0 aromatic heterocycles. The average molecular weight is 477 g/mol. The Kier molecular flexibility index (Phi) is 7.76. The van der Waals surface area contributed by atoms with Gasteiger partial charge in [-0.1, -0.05) is 72.8 Å². The molecule has 0 saturated carbocycles. The Labute approximate surface area is 206 Å². The van der Waals surface area contributed by atoms with Gasteiger partial charge in [0.25, 0.3) is 0 Å². The molecule has 0 radical (unpaired) electrons. The second-order valence-electron chi connectivity index (χ2n) is 8.94. The van der Waals surface area contributed by atoms with Gasteiger partial charge in [-0.05, 0) is 30.2 Å². The topological polar surface area (TPSA) is 55.4 Å². The van der Waals surface area contributed by atoms with Crippen molar-refractivity contribution in [1.82, 2.24) is 0 Å². The number of ether oxygens (including phenoxy) is 6. The fourth-order valence-corrected chi connectivity index (χ4v) is 4.65. The van der Waals surface area contributed by atoms with Crippen molar-refractivity contribution in [3.05, 3.63) is 102 Å². The SMILES string of the molecule is COc1ccc([C@H]2OC[C@H]3O[C@H](C)[C@@H](OCc4ccccc4)[C@@H](OCc4ccccc4)[C@@H]3O2)cc1. The second-order valence-corrected chi connectivity index (χ2v) is 8.94. The summed E-state index contributed by atoms with van der Waals surface area (Å²) in [7, 11) is 1.65. The summed E-state index contributed by atoms with van der Waals surface area (Å²) in [6.45, 7) is 3.38. The molecular weight excluding hydrogens is 444 g/mol. The molecule has 0 amide bonds. The third-order valence-electron chi connectivity index (χ3n) is 6.52. The standard InChI is InChI=1S/C29H32O6/c1-20-26(31-17-21-9-5-3-6-10-21)28(32-18-22-11-7-4-8-12-22)27-25(34-20)19-33-29(35-27)23-13-15-24(30-2)16-14-23/h3-16,20,25-29H,17-19H2,1-2H3/t20-,25-,26-,27-,28-,29+/m1/s1. The van der Waals surface area contributed by atoms with Gasteiger partial charge in [0.15, 0.2) is 6.29 Å². The molecule has 2 fully saturated rings. The Hall–Kier alpha value is -2.74. The molecule has 3 aromatic carbocycles. The predicted octanol–water partition coefficient (Wildman–Crippen LogP) is 5.07. The van der Waals surface area contributed by atoms with Gasteiger partial charge in [0.1, 0.15) is 30.2 Å². The molecule has 2 saturated heterocycles. The van der Waals surface area contributed by atoms with Gasteiger partial charge < -0.3 is 28.4 Å². The van der Waals surface area contributed by atoms with Crippen LogP contribution in [0.3, 0.4) is 0 Å². The van der Waals surface area contributed by atoms with Crippen LogP contribution in [-0.4, -0.2) is 44.2 Å². The lowest BCUT2D eigenvalue weighted by Crippen LogP contribution is -2.62. The van der Waals surface area contributed by atoms with E-state index in [0.717, 1.165) is 22.4 Å². The zero-order valence-electron chi connectivity index (χ0n) is 20.1. The third-order valence-corrected chi connectivity index (χ3v) is 6.52. The number of rotatable bonds is 8. The van der Waals surface area contributed by atoms with Gasteiger partial charge in [-0.2, -0.15) is 0 Å². The second kappa shape index (κ2) is 11.3. The van der Waals surface area contributed by atoms with E-state index in [4.69, 9.17) is 28.4 Å². The van der Waals surface area contributed by atoms with E-state index in [1.165, 1.54) is 0 Å². The Morgan fingerprint density at radius 1 is 0.743 bits per heavy atom. The molecule has 184 valence electrons. The van der Waals surface area contributed by atoms with Crippen LogP contribution in [-0.2, 0) is 36.9 Å². The first-order chi connectivity index (χ1) is 17.2. The molecule has 6 nitrogen and oxygen atoms in total. The van der Waals surface area contributed by atoms with E-state index >= 15 is 0 Å². The van der Waals surface area contributed by atoms with E-state index in [1.54, 1.807) is 7.11 Å². The van der Waals surface area contributed by atoms with Gasteiger partial charge in [0, 0.05) is 5.56 Å². The van der Waals surface area contributed by atoms with Gasteiger partial charge in [-0.15, -0.1) is 0 Å². The van der Waals surface area contributed by atoms with Crippen molar-refractivity contribution in [2.75, 3.05) is 13.7 Å². The molecule has 0 aliphatic carbocycles. The van der Waals surface area contributed by atoms with Crippen molar-refractivity contribution in [1.29, 1.82) is 0 Å². The summed E-state index contributed by atoms with van der Waals surface area (Å²) >= 11 is 0. The Morgan fingerprint density at radius 2 is 1.34 bits per heavy atom. The summed E-state index contributed by atoms with van der Waals surface area (Å²) in [5.41, 5.74) is 3.13. The highest BCUT2D eigenvalue weighted by atomic mass is 16.7. The number of benzene rings is 3. The fourth-order valence-electron chi connectivity index (χ4n) is 4.65. The van der Waals surface area contributed by atoms with Crippen LogP contribution in [0.2, 0.25) is 0 Å². The third kappa shape index (κ3) is 5.74. The highest BCUT2D eigenvalue weighted by molar-refractivity contribution is 5.28. The molecular formula is C29H32O6. The molecule has 2 aliphatic heterocycles. The van der Waals surface area contributed by atoms with E-state index in [-0.39, 0.29) is 30.5 Å². The van der Waals surface area contributed by atoms with Gasteiger partial charge in [-0.3, -0.25) is 0 Å². The summed E-state index contributed by atoms with van der Waals surface area (Å²) in [5, 5.41) is 0. The molecule has 6 atom stereocenters. The van der Waals surface area contributed by atoms with Crippen LogP contribution in [0.1, 0.15) is 29.9 Å². The maximum Gasteiger partial charge on any atom is 0.184 e. The van der Waals surface area contributed by atoms with E-state index in [0.29, 0.717) is 19.8 Å². The lowest BCUT2D eigenvalue weighted by atomic mass is 9.94. The zero-order chi connectivity index (χ0) is 24.0. The molecule has 3 aromatic rings. The van der Waals surface area contributed by atoms with Gasteiger partial charge >= 0.3 is 0 Å². The maximum atomic E-state index is 6.53. The molecule has 2 heterocycles. The lowest BCUT2D eigenvalue weighted by Gasteiger charge is -2.48. The molecule has 0 unspecified atom stereocenters. The van der Waals surface area contributed by atoms with Crippen LogP contribution >= 0.6 is 0 Å². The summed E-state index contributed by atoms with van der Waals surface area (Å²) in [4.78, 5) is 0. The Morgan fingerprint density at radius 3 is 1.94 bits per heavy atom. The van der Waals surface area contributed by atoms with Crippen molar-refractivity contribution < 1.29 is 28.4 Å². The summed E-state index contributed by atoms with van der Waals surface area (Å²) in [6, 6.07) is 28.0. The maximum absolute atomic E-state index is 6.53. The zero-order valence-corrected chi connectivity index (χ0v) is 20.1. The lowest BCUT2D eigenvalue weighted by molar-refractivity contribution is -0.337. The number of fused-ring (bicyclic) bond motifs is 1. The van der Waals surface area contributed by atoms with Gasteiger partial charge in [0.2, 0.25) is 0 Å². The predicted molar refractivity (Wildman–Crippen MR) is 131 cm³/mol. The fraction of sp³-hybridized carbons (Fsp3) is 0.379. The van der Waals surface area contributed by atoms with E-state index < -0.39 is 6.29 Å². The molecule has 35 heavy (non-hydrogen) atoms. The normalized spacial score (nSPS) is 28.3.